The molecule has 1 aliphatic rings. The van der Waals surface area contributed by atoms with Gasteiger partial charge in [0.05, 0.1) is 4.47 Å². The van der Waals surface area contributed by atoms with Gasteiger partial charge in [-0.05, 0) is 53.2 Å². The van der Waals surface area contributed by atoms with Crippen molar-refractivity contribution in [1.82, 2.24) is 0 Å². The zero-order valence-electron chi connectivity index (χ0n) is 9.05. The molecule has 1 aromatic carbocycles. The summed E-state index contributed by atoms with van der Waals surface area (Å²) >= 11 is 3.27. The Bertz CT molecular complexity index is 414. The quantitative estimate of drug-likeness (QED) is 0.832. The van der Waals surface area contributed by atoms with Gasteiger partial charge in [0.2, 0.25) is 0 Å². The molecule has 2 N–H and O–H groups in total. The molecule has 86 valence electrons. The molecule has 0 saturated heterocycles. The van der Waals surface area contributed by atoms with Gasteiger partial charge in [-0.2, -0.15) is 0 Å². The van der Waals surface area contributed by atoms with E-state index in [2.05, 4.69) is 22.0 Å². The Hall–Kier alpha value is -0.670. The molecule has 1 aliphatic carbocycles. The van der Waals surface area contributed by atoms with Crippen LogP contribution in [0, 0.1) is 5.82 Å². The van der Waals surface area contributed by atoms with Crippen molar-refractivity contribution in [2.45, 2.75) is 31.7 Å². The Morgan fingerprint density at radius 2 is 2.25 bits per heavy atom. The topological polar surface area (TPSA) is 26.0 Å². The van der Waals surface area contributed by atoms with Crippen LogP contribution in [0.5, 0.6) is 0 Å². The minimum absolute atomic E-state index is 0.213. The number of hydrogen-bond acceptors (Lipinski definition) is 1. The Morgan fingerprint density at radius 1 is 1.44 bits per heavy atom. The van der Waals surface area contributed by atoms with Crippen LogP contribution in [0.3, 0.4) is 0 Å². The first-order valence-electron chi connectivity index (χ1n) is 5.56. The highest BCUT2D eigenvalue weighted by atomic mass is 79.9. The van der Waals surface area contributed by atoms with E-state index in [4.69, 9.17) is 5.73 Å². The molecule has 0 aliphatic heterocycles. The zero-order chi connectivity index (χ0) is 11.5. The van der Waals surface area contributed by atoms with Gasteiger partial charge in [0.25, 0.3) is 0 Å². The highest BCUT2D eigenvalue weighted by Gasteiger charge is 2.13. The average molecular weight is 284 g/mol. The first-order chi connectivity index (χ1) is 7.66. The van der Waals surface area contributed by atoms with E-state index in [0.29, 0.717) is 4.47 Å². The van der Waals surface area contributed by atoms with Gasteiger partial charge < -0.3 is 5.73 Å². The zero-order valence-corrected chi connectivity index (χ0v) is 10.6. The lowest BCUT2D eigenvalue weighted by atomic mass is 9.90. The first kappa shape index (κ1) is 11.8. The van der Waals surface area contributed by atoms with E-state index in [1.54, 1.807) is 6.07 Å². The molecule has 0 spiro atoms. The van der Waals surface area contributed by atoms with Crippen LogP contribution in [-0.4, -0.2) is 6.04 Å². The lowest BCUT2D eigenvalue weighted by Crippen LogP contribution is -2.23. The van der Waals surface area contributed by atoms with Crippen molar-refractivity contribution >= 4 is 22.0 Å². The standard InChI is InChI=1S/C13H15BrFN/c14-13-10(4-2-6-12(13)15)7-9-3-1-5-11(16)8-9/h2,4,6-7,11H,1,3,5,8,16H2/b9-7-. The number of nitrogens with two attached hydrogens (primary N) is 1. The summed E-state index contributed by atoms with van der Waals surface area (Å²) in [6.07, 6.45) is 6.31. The van der Waals surface area contributed by atoms with Gasteiger partial charge in [0.1, 0.15) is 5.82 Å². The molecule has 1 unspecified atom stereocenters. The highest BCUT2D eigenvalue weighted by molar-refractivity contribution is 9.10. The lowest BCUT2D eigenvalue weighted by molar-refractivity contribution is 0.520. The maximum Gasteiger partial charge on any atom is 0.137 e. The monoisotopic (exact) mass is 283 g/mol. The Labute approximate surface area is 104 Å². The molecular formula is C13H15BrFN. The van der Waals surface area contributed by atoms with E-state index in [-0.39, 0.29) is 11.9 Å². The molecule has 1 nitrogen and oxygen atoms in total. The molecule has 0 heterocycles. The fourth-order valence-corrected chi connectivity index (χ4v) is 2.49. The molecule has 2 rings (SSSR count). The number of halogens is 2. The molecule has 3 heteroatoms. The third-order valence-electron chi connectivity index (χ3n) is 2.94. The number of benzene rings is 1. The Morgan fingerprint density at radius 3 is 3.00 bits per heavy atom. The number of rotatable bonds is 1. The number of hydrogen-bond donors (Lipinski definition) is 1. The summed E-state index contributed by atoms with van der Waals surface area (Å²) in [6.45, 7) is 0. The highest BCUT2D eigenvalue weighted by Crippen LogP contribution is 2.28. The molecule has 16 heavy (non-hydrogen) atoms. The van der Waals surface area contributed by atoms with Crippen molar-refractivity contribution < 1.29 is 4.39 Å². The smallest absolute Gasteiger partial charge is 0.137 e. The lowest BCUT2D eigenvalue weighted by Gasteiger charge is -2.20. The SMILES string of the molecule is NC1CCC/C(=C/c2cccc(F)c2Br)C1. The Kier molecular flexibility index (Phi) is 3.77. The van der Waals surface area contributed by atoms with Crippen LogP contribution >= 0.6 is 15.9 Å². The van der Waals surface area contributed by atoms with E-state index in [1.165, 1.54) is 11.6 Å². The Balaban J connectivity index is 2.24. The molecule has 1 saturated carbocycles. The predicted octanol–water partition coefficient (Wildman–Crippen LogP) is 3.87. The summed E-state index contributed by atoms with van der Waals surface area (Å²) in [4.78, 5) is 0. The molecular weight excluding hydrogens is 269 g/mol. The minimum atomic E-state index is -0.213. The van der Waals surface area contributed by atoms with Crippen molar-refractivity contribution in [1.29, 1.82) is 0 Å². The van der Waals surface area contributed by atoms with Crippen LogP contribution in [0.1, 0.15) is 31.2 Å². The summed E-state index contributed by atoms with van der Waals surface area (Å²) in [5, 5.41) is 0. The average Bonchev–Trinajstić information content (AvgIpc) is 2.25. The minimum Gasteiger partial charge on any atom is -0.327 e. The van der Waals surface area contributed by atoms with E-state index in [1.807, 2.05) is 6.07 Å². The van der Waals surface area contributed by atoms with Crippen LogP contribution < -0.4 is 5.73 Å². The second kappa shape index (κ2) is 5.11. The molecule has 1 fully saturated rings. The normalized spacial score (nSPS) is 23.7. The van der Waals surface area contributed by atoms with Crippen LogP contribution in [0.15, 0.2) is 28.2 Å². The summed E-state index contributed by atoms with van der Waals surface area (Å²) in [5.74, 6) is -0.213. The van der Waals surface area contributed by atoms with Gasteiger partial charge in [-0.15, -0.1) is 0 Å². The second-order valence-corrected chi connectivity index (χ2v) is 5.10. The summed E-state index contributed by atoms with van der Waals surface area (Å²) in [7, 11) is 0. The van der Waals surface area contributed by atoms with Crippen LogP contribution in [0.25, 0.3) is 6.08 Å². The van der Waals surface area contributed by atoms with E-state index >= 15 is 0 Å². The van der Waals surface area contributed by atoms with Crippen LogP contribution in [-0.2, 0) is 0 Å². The van der Waals surface area contributed by atoms with Crippen molar-refractivity contribution in [3.63, 3.8) is 0 Å². The summed E-state index contributed by atoms with van der Waals surface area (Å²) in [5.41, 5.74) is 8.15. The van der Waals surface area contributed by atoms with Crippen molar-refractivity contribution in [3.05, 3.63) is 39.6 Å². The van der Waals surface area contributed by atoms with Crippen molar-refractivity contribution in [3.8, 4) is 0 Å². The summed E-state index contributed by atoms with van der Waals surface area (Å²) in [6, 6.07) is 5.38. The molecule has 0 amide bonds. The third-order valence-corrected chi connectivity index (χ3v) is 3.77. The molecule has 0 aromatic heterocycles. The van der Waals surface area contributed by atoms with E-state index < -0.39 is 0 Å². The van der Waals surface area contributed by atoms with Gasteiger partial charge in [-0.25, -0.2) is 4.39 Å². The molecule has 1 aromatic rings. The summed E-state index contributed by atoms with van der Waals surface area (Å²) < 4.78 is 13.9. The fraction of sp³-hybridized carbons (Fsp3) is 0.385. The largest absolute Gasteiger partial charge is 0.327 e. The third kappa shape index (κ3) is 2.71. The van der Waals surface area contributed by atoms with Crippen molar-refractivity contribution in [2.24, 2.45) is 5.73 Å². The van der Waals surface area contributed by atoms with Gasteiger partial charge in [0, 0.05) is 6.04 Å². The molecule has 0 bridgehead atoms. The van der Waals surface area contributed by atoms with E-state index in [0.717, 1.165) is 31.2 Å². The maximum atomic E-state index is 13.3. The van der Waals surface area contributed by atoms with E-state index in [9.17, 15) is 4.39 Å². The van der Waals surface area contributed by atoms with Crippen molar-refractivity contribution in [2.75, 3.05) is 0 Å². The second-order valence-electron chi connectivity index (χ2n) is 4.30. The predicted molar refractivity (Wildman–Crippen MR) is 68.5 cm³/mol. The van der Waals surface area contributed by atoms with Gasteiger partial charge in [0.15, 0.2) is 0 Å². The van der Waals surface area contributed by atoms with Gasteiger partial charge >= 0.3 is 0 Å². The molecule has 0 radical (unpaired) electrons. The fourth-order valence-electron chi connectivity index (χ4n) is 2.12. The molecule has 1 atom stereocenters. The van der Waals surface area contributed by atoms with Crippen LogP contribution in [0.4, 0.5) is 4.39 Å². The maximum absolute atomic E-state index is 13.3. The van der Waals surface area contributed by atoms with Crippen LogP contribution in [0.2, 0.25) is 0 Å². The van der Waals surface area contributed by atoms with Gasteiger partial charge in [-0.1, -0.05) is 23.8 Å². The first-order valence-corrected chi connectivity index (χ1v) is 6.35. The van der Waals surface area contributed by atoms with Gasteiger partial charge in [-0.3, -0.25) is 0 Å².